The Morgan fingerprint density at radius 3 is 2.57 bits per heavy atom. The van der Waals surface area contributed by atoms with E-state index < -0.39 is 0 Å². The van der Waals surface area contributed by atoms with Crippen molar-refractivity contribution in [3.05, 3.63) is 54.2 Å². The molecule has 1 saturated heterocycles. The van der Waals surface area contributed by atoms with Crippen molar-refractivity contribution < 1.29 is 19.0 Å². The zero-order valence-electron chi connectivity index (χ0n) is 20.3. The highest BCUT2D eigenvalue weighted by Crippen LogP contribution is 2.46. The van der Waals surface area contributed by atoms with Crippen molar-refractivity contribution in [2.45, 2.75) is 0 Å². The van der Waals surface area contributed by atoms with E-state index in [4.69, 9.17) is 19.2 Å². The normalized spacial score (nSPS) is 14.9. The number of aromatic amines is 1. The molecule has 1 fully saturated rings. The first-order valence-electron chi connectivity index (χ1n) is 12.2. The Labute approximate surface area is 213 Å². The van der Waals surface area contributed by atoms with Crippen LogP contribution in [0.25, 0.3) is 11.0 Å². The number of benzene rings is 2. The zero-order chi connectivity index (χ0) is 25.2. The van der Waals surface area contributed by atoms with Gasteiger partial charge in [-0.1, -0.05) is 12.1 Å². The zero-order valence-corrected chi connectivity index (χ0v) is 20.3. The fraction of sp³-hybridized carbons (Fsp3) is 0.269. The number of nitrogens with zero attached hydrogens (tertiary/aromatic N) is 3. The minimum absolute atomic E-state index is 0.190. The number of fused-ring (bicyclic) bond motifs is 2. The molecule has 0 atom stereocenters. The van der Waals surface area contributed by atoms with Gasteiger partial charge in [0.25, 0.3) is 5.91 Å². The molecule has 1 amide bonds. The van der Waals surface area contributed by atoms with Crippen molar-refractivity contribution in [1.82, 2.24) is 20.3 Å². The summed E-state index contributed by atoms with van der Waals surface area (Å²) in [5.74, 6) is 2.07. The molecule has 4 aromatic rings. The summed E-state index contributed by atoms with van der Waals surface area (Å²) in [6.45, 7) is 3.88. The number of carbonyl (C=O) groups excluding carboxylic acids is 1. The van der Waals surface area contributed by atoms with Gasteiger partial charge in [0.1, 0.15) is 24.7 Å². The number of para-hydroxylation sites is 1. The average molecular weight is 502 g/mol. The van der Waals surface area contributed by atoms with Crippen LogP contribution in [0.15, 0.2) is 48.7 Å². The number of ether oxygens (including phenoxy) is 3. The van der Waals surface area contributed by atoms with Gasteiger partial charge in [-0.3, -0.25) is 4.79 Å². The van der Waals surface area contributed by atoms with Gasteiger partial charge >= 0.3 is 0 Å². The Hall–Kier alpha value is -4.51. The number of aromatic nitrogens is 3. The van der Waals surface area contributed by atoms with Gasteiger partial charge in [-0.05, 0) is 30.3 Å². The smallest absolute Gasteiger partial charge is 0.253 e. The first-order valence-corrected chi connectivity index (χ1v) is 12.2. The highest BCUT2D eigenvalue weighted by molar-refractivity contribution is 6.01. The molecular weight excluding hydrogens is 474 g/mol. The lowest BCUT2D eigenvalue weighted by Gasteiger charge is -2.32. The number of hydrogen-bond donors (Lipinski definition) is 4. The van der Waals surface area contributed by atoms with E-state index in [1.807, 2.05) is 36.4 Å². The summed E-state index contributed by atoms with van der Waals surface area (Å²) >= 11 is 0. The van der Waals surface area contributed by atoms with Crippen LogP contribution in [-0.4, -0.2) is 67.4 Å². The number of hydrogen-bond acceptors (Lipinski definition) is 9. The van der Waals surface area contributed by atoms with Gasteiger partial charge in [0.15, 0.2) is 11.5 Å². The lowest BCUT2D eigenvalue weighted by Crippen LogP contribution is -2.36. The van der Waals surface area contributed by atoms with Crippen LogP contribution in [0.4, 0.5) is 28.8 Å². The van der Waals surface area contributed by atoms with Crippen LogP contribution < -0.4 is 30.3 Å². The van der Waals surface area contributed by atoms with E-state index in [1.165, 1.54) is 0 Å². The monoisotopic (exact) mass is 501 g/mol. The number of carbonyl (C=O) groups is 1. The first kappa shape index (κ1) is 22.9. The largest absolute Gasteiger partial charge is 0.484 e. The Bertz CT molecular complexity index is 1450. The Kier molecular flexibility index (Phi) is 6.11. The lowest BCUT2D eigenvalue weighted by atomic mass is 10.1. The van der Waals surface area contributed by atoms with Gasteiger partial charge < -0.3 is 40.0 Å². The minimum Gasteiger partial charge on any atom is -0.484 e. The van der Waals surface area contributed by atoms with Crippen molar-refractivity contribution in [3.63, 3.8) is 0 Å². The average Bonchev–Trinajstić information content (AvgIpc) is 3.43. The summed E-state index contributed by atoms with van der Waals surface area (Å²) in [6.07, 6.45) is 1.80. The molecular formula is C26H27N7O4. The molecule has 11 nitrogen and oxygen atoms in total. The van der Waals surface area contributed by atoms with E-state index in [1.54, 1.807) is 19.3 Å². The Balaban J connectivity index is 1.35. The predicted molar refractivity (Wildman–Crippen MR) is 141 cm³/mol. The summed E-state index contributed by atoms with van der Waals surface area (Å²) in [6, 6.07) is 13.1. The van der Waals surface area contributed by atoms with Gasteiger partial charge in [0.05, 0.1) is 41.2 Å². The summed E-state index contributed by atoms with van der Waals surface area (Å²) < 4.78 is 17.6. The minimum atomic E-state index is -0.190. The molecule has 37 heavy (non-hydrogen) atoms. The van der Waals surface area contributed by atoms with Gasteiger partial charge in [0.2, 0.25) is 5.95 Å². The summed E-state index contributed by atoms with van der Waals surface area (Å²) in [5.41, 5.74) is 3.48. The van der Waals surface area contributed by atoms with Gasteiger partial charge in [-0.15, -0.1) is 0 Å². The molecule has 2 aliphatic heterocycles. The van der Waals surface area contributed by atoms with Crippen LogP contribution in [0, 0.1) is 0 Å². The van der Waals surface area contributed by atoms with Crippen molar-refractivity contribution in [2.75, 3.05) is 62.1 Å². The van der Waals surface area contributed by atoms with Crippen molar-refractivity contribution in [1.29, 1.82) is 0 Å². The fourth-order valence-corrected chi connectivity index (χ4v) is 4.54. The third-order valence-corrected chi connectivity index (χ3v) is 6.33. The second-order valence-corrected chi connectivity index (χ2v) is 8.60. The molecule has 0 bridgehead atoms. The topological polar surface area (TPSA) is 126 Å². The summed E-state index contributed by atoms with van der Waals surface area (Å²) in [7, 11) is 1.60. The molecule has 2 aliphatic rings. The third kappa shape index (κ3) is 4.45. The predicted octanol–water partition coefficient (Wildman–Crippen LogP) is 3.41. The van der Waals surface area contributed by atoms with Crippen molar-refractivity contribution >= 4 is 45.8 Å². The number of anilines is 5. The molecule has 4 heterocycles. The van der Waals surface area contributed by atoms with E-state index in [9.17, 15) is 4.79 Å². The fourth-order valence-electron chi connectivity index (χ4n) is 4.54. The van der Waals surface area contributed by atoms with Crippen LogP contribution in [0.5, 0.6) is 11.5 Å². The second kappa shape index (κ2) is 9.86. The number of H-pyrrole nitrogens is 1. The van der Waals surface area contributed by atoms with Crippen LogP contribution in [0.3, 0.4) is 0 Å². The highest BCUT2D eigenvalue weighted by Gasteiger charge is 2.25. The highest BCUT2D eigenvalue weighted by atomic mass is 16.6. The quantitative estimate of drug-likeness (QED) is 0.314. The molecule has 190 valence electrons. The number of rotatable bonds is 6. The van der Waals surface area contributed by atoms with E-state index in [0.29, 0.717) is 72.3 Å². The molecule has 2 aromatic heterocycles. The van der Waals surface area contributed by atoms with E-state index >= 15 is 0 Å². The van der Waals surface area contributed by atoms with E-state index in [-0.39, 0.29) is 5.91 Å². The Morgan fingerprint density at radius 1 is 0.919 bits per heavy atom. The number of nitrogens with one attached hydrogen (secondary N) is 4. The van der Waals surface area contributed by atoms with Crippen molar-refractivity contribution in [3.8, 4) is 11.5 Å². The molecule has 0 saturated carbocycles. The van der Waals surface area contributed by atoms with Crippen molar-refractivity contribution in [2.24, 2.45) is 0 Å². The maximum atomic E-state index is 12.4. The second-order valence-electron chi connectivity index (χ2n) is 8.60. The van der Waals surface area contributed by atoms with Crippen LogP contribution in [0.2, 0.25) is 0 Å². The van der Waals surface area contributed by atoms with Crippen LogP contribution in [-0.2, 0) is 4.74 Å². The maximum Gasteiger partial charge on any atom is 0.253 e. The molecule has 2 aromatic carbocycles. The Morgan fingerprint density at radius 2 is 1.73 bits per heavy atom. The SMILES string of the molecule is CNC(=O)c1ccccc1Nc1nc(Nc2ccc(N3CCOCC3)c3c2OCCO3)nc2[nH]ccc12. The summed E-state index contributed by atoms with van der Waals surface area (Å²) in [4.78, 5) is 27.2. The van der Waals surface area contributed by atoms with E-state index in [2.05, 4.69) is 30.8 Å². The molecule has 0 radical (unpaired) electrons. The van der Waals surface area contributed by atoms with Gasteiger partial charge in [-0.25, -0.2) is 0 Å². The summed E-state index contributed by atoms with van der Waals surface area (Å²) in [5, 5.41) is 10.1. The van der Waals surface area contributed by atoms with Gasteiger partial charge in [0, 0.05) is 26.3 Å². The van der Waals surface area contributed by atoms with Gasteiger partial charge in [-0.2, -0.15) is 9.97 Å². The number of amides is 1. The molecule has 11 heteroatoms. The molecule has 0 aliphatic carbocycles. The standard InChI is InChI=1S/C26H27N7O4/c1-27-25(34)16-4-2-3-5-18(16)29-24-17-8-9-28-23(17)31-26(32-24)30-19-6-7-20(33-10-12-35-13-11-33)22-21(19)36-14-15-37-22/h2-9H,10-15H2,1H3,(H,27,34)(H3,28,29,30,31,32). The molecule has 0 spiro atoms. The van der Waals surface area contributed by atoms with E-state index in [0.717, 1.165) is 24.2 Å². The molecule has 4 N–H and O–H groups in total. The lowest BCUT2D eigenvalue weighted by molar-refractivity contribution is 0.0964. The first-order chi connectivity index (χ1) is 18.2. The number of morpholine rings is 1. The maximum absolute atomic E-state index is 12.4. The molecule has 6 rings (SSSR count). The molecule has 0 unspecified atom stereocenters. The van der Waals surface area contributed by atoms with Crippen LogP contribution >= 0.6 is 0 Å². The third-order valence-electron chi connectivity index (χ3n) is 6.33. The van der Waals surface area contributed by atoms with Crippen LogP contribution in [0.1, 0.15) is 10.4 Å².